The van der Waals surface area contributed by atoms with E-state index >= 15 is 0 Å². The standard InChI is InChI=1S/C22H25ClN4O4/c1-2-3-4-9-25-19(26-12-16(28)10-18(26)21(30)31)11-20(29)27-13-17(24-22(25)27)14-5-7-15(23)8-6-14/h5-8,11,13,16,18,28H,2-4,9-10,12H2,1H3,(H,30,31)/t16-,18+/m1/s1. The first-order valence-electron chi connectivity index (χ1n) is 10.5. The smallest absolute Gasteiger partial charge is 0.326 e. The highest BCUT2D eigenvalue weighted by atomic mass is 35.5. The van der Waals surface area contributed by atoms with Crippen LogP contribution in [0.2, 0.25) is 5.02 Å². The van der Waals surface area contributed by atoms with Crippen molar-refractivity contribution in [2.75, 3.05) is 11.4 Å². The zero-order chi connectivity index (χ0) is 22.1. The Bertz CT molecular complexity index is 1150. The summed E-state index contributed by atoms with van der Waals surface area (Å²) in [5.41, 5.74) is 1.16. The highest BCUT2D eigenvalue weighted by Crippen LogP contribution is 2.28. The number of aliphatic hydroxyl groups excluding tert-OH is 1. The number of nitrogens with zero attached hydrogens (tertiary/aromatic N) is 4. The van der Waals surface area contributed by atoms with Crippen LogP contribution in [0.15, 0.2) is 41.3 Å². The maximum absolute atomic E-state index is 12.9. The minimum atomic E-state index is -1.02. The number of aryl methyl sites for hydroxylation is 1. The lowest BCUT2D eigenvalue weighted by atomic mass is 10.2. The zero-order valence-corrected chi connectivity index (χ0v) is 18.0. The topological polar surface area (TPSA) is 100 Å². The third-order valence-corrected chi connectivity index (χ3v) is 5.93. The first-order valence-corrected chi connectivity index (χ1v) is 10.8. The molecule has 0 unspecified atom stereocenters. The van der Waals surface area contributed by atoms with Crippen molar-refractivity contribution < 1.29 is 15.0 Å². The molecule has 0 spiro atoms. The first kappa shape index (κ1) is 21.4. The van der Waals surface area contributed by atoms with Gasteiger partial charge in [-0.15, -0.1) is 0 Å². The van der Waals surface area contributed by atoms with Gasteiger partial charge in [-0.1, -0.05) is 43.5 Å². The van der Waals surface area contributed by atoms with Gasteiger partial charge in [0.1, 0.15) is 11.9 Å². The lowest BCUT2D eigenvalue weighted by Gasteiger charge is -2.27. The normalized spacial score (nSPS) is 18.7. The molecule has 3 heterocycles. The highest BCUT2D eigenvalue weighted by molar-refractivity contribution is 6.30. The highest BCUT2D eigenvalue weighted by Gasteiger charge is 2.37. The number of hydrogen-bond donors (Lipinski definition) is 2. The summed E-state index contributed by atoms with van der Waals surface area (Å²) >= 11 is 5.99. The maximum atomic E-state index is 12.9. The summed E-state index contributed by atoms with van der Waals surface area (Å²) in [6.07, 6.45) is 3.92. The molecule has 8 nitrogen and oxygen atoms in total. The van der Waals surface area contributed by atoms with Gasteiger partial charge in [0.2, 0.25) is 5.78 Å². The Kier molecular flexibility index (Phi) is 6.02. The van der Waals surface area contributed by atoms with Crippen molar-refractivity contribution in [2.45, 2.75) is 51.3 Å². The van der Waals surface area contributed by atoms with Crippen LogP contribution in [0.4, 0.5) is 5.82 Å². The largest absolute Gasteiger partial charge is 0.480 e. The van der Waals surface area contributed by atoms with E-state index in [-0.39, 0.29) is 18.5 Å². The molecule has 1 saturated heterocycles. The number of anilines is 1. The van der Waals surface area contributed by atoms with Crippen LogP contribution in [-0.2, 0) is 11.3 Å². The third kappa shape index (κ3) is 4.18. The van der Waals surface area contributed by atoms with Gasteiger partial charge in [0.15, 0.2) is 0 Å². The van der Waals surface area contributed by atoms with Crippen LogP contribution >= 0.6 is 11.6 Å². The fraction of sp³-hybridized carbons (Fsp3) is 0.409. The number of unbranched alkanes of at least 4 members (excludes halogenated alkanes) is 2. The predicted molar refractivity (Wildman–Crippen MR) is 119 cm³/mol. The Balaban J connectivity index is 1.87. The number of aliphatic carboxylic acids is 1. The molecule has 164 valence electrons. The van der Waals surface area contributed by atoms with E-state index in [2.05, 4.69) is 6.92 Å². The van der Waals surface area contributed by atoms with Crippen molar-refractivity contribution in [3.63, 3.8) is 0 Å². The molecule has 2 aromatic heterocycles. The molecule has 1 fully saturated rings. The number of carbonyl (C=O) groups is 1. The quantitative estimate of drug-likeness (QED) is 0.543. The summed E-state index contributed by atoms with van der Waals surface area (Å²) in [5.74, 6) is -0.0888. The summed E-state index contributed by atoms with van der Waals surface area (Å²) in [6, 6.07) is 7.77. The van der Waals surface area contributed by atoms with Crippen LogP contribution in [-0.4, -0.2) is 48.8 Å². The number of benzene rings is 1. The van der Waals surface area contributed by atoms with E-state index in [1.807, 2.05) is 16.7 Å². The van der Waals surface area contributed by atoms with Crippen molar-refractivity contribution in [3.05, 3.63) is 51.9 Å². The minimum Gasteiger partial charge on any atom is -0.480 e. The van der Waals surface area contributed by atoms with Gasteiger partial charge in [-0.25, -0.2) is 9.78 Å². The van der Waals surface area contributed by atoms with Crippen LogP contribution in [0, 0.1) is 0 Å². The molecule has 1 aromatic carbocycles. The van der Waals surface area contributed by atoms with E-state index in [9.17, 15) is 19.8 Å². The van der Waals surface area contributed by atoms with Crippen molar-refractivity contribution in [3.8, 4) is 11.3 Å². The molecule has 2 atom stereocenters. The minimum absolute atomic E-state index is 0.119. The van der Waals surface area contributed by atoms with Crippen LogP contribution in [0.1, 0.15) is 32.6 Å². The Morgan fingerprint density at radius 1 is 1.26 bits per heavy atom. The molecular weight excluding hydrogens is 420 g/mol. The molecule has 0 bridgehead atoms. The fourth-order valence-corrected chi connectivity index (χ4v) is 4.24. The number of aliphatic hydroxyl groups is 1. The monoisotopic (exact) mass is 444 g/mol. The molecule has 0 saturated carbocycles. The number of β-amino-alcohol motifs (C(OH)–C–C–N with tert-alkyl or cyclic N) is 1. The summed E-state index contributed by atoms with van der Waals surface area (Å²) in [4.78, 5) is 31.1. The van der Waals surface area contributed by atoms with Crippen molar-refractivity contribution in [1.29, 1.82) is 0 Å². The molecular formula is C22H25ClN4O4. The molecule has 3 aromatic rings. The molecule has 2 N–H and O–H groups in total. The molecule has 0 amide bonds. The Morgan fingerprint density at radius 2 is 2.00 bits per heavy atom. The Labute approximate surface area is 184 Å². The first-order chi connectivity index (χ1) is 14.9. The van der Waals surface area contributed by atoms with Crippen molar-refractivity contribution in [2.24, 2.45) is 0 Å². The third-order valence-electron chi connectivity index (χ3n) is 5.68. The number of rotatable bonds is 7. The molecule has 0 aliphatic carbocycles. The Hall–Kier alpha value is -2.84. The van der Waals surface area contributed by atoms with Crippen molar-refractivity contribution >= 4 is 29.2 Å². The molecule has 4 rings (SSSR count). The fourth-order valence-electron chi connectivity index (χ4n) is 4.12. The average molecular weight is 445 g/mol. The van der Waals surface area contributed by atoms with Gasteiger partial charge >= 0.3 is 5.97 Å². The van der Waals surface area contributed by atoms with Gasteiger partial charge in [0.05, 0.1) is 11.8 Å². The van der Waals surface area contributed by atoms with E-state index in [0.717, 1.165) is 24.8 Å². The molecule has 9 heteroatoms. The van der Waals surface area contributed by atoms with Crippen molar-refractivity contribution in [1.82, 2.24) is 14.0 Å². The summed E-state index contributed by atoms with van der Waals surface area (Å²) in [7, 11) is 0. The Morgan fingerprint density at radius 3 is 2.68 bits per heavy atom. The van der Waals surface area contributed by atoms with Crippen LogP contribution in [0.3, 0.4) is 0 Å². The van der Waals surface area contributed by atoms with Gasteiger partial charge in [-0.2, -0.15) is 0 Å². The predicted octanol–water partition coefficient (Wildman–Crippen LogP) is 3.03. The van der Waals surface area contributed by atoms with E-state index in [4.69, 9.17) is 16.6 Å². The lowest BCUT2D eigenvalue weighted by Crippen LogP contribution is -2.39. The van der Waals surface area contributed by atoms with Crippen LogP contribution < -0.4 is 10.5 Å². The molecule has 0 radical (unpaired) electrons. The summed E-state index contributed by atoms with van der Waals surface area (Å²) in [6.45, 7) is 2.85. The van der Waals surface area contributed by atoms with Gasteiger partial charge < -0.3 is 15.1 Å². The number of aromatic nitrogens is 3. The number of carboxylic acid groups (broad SMARTS) is 1. The van der Waals surface area contributed by atoms with E-state index in [1.54, 1.807) is 23.2 Å². The molecule has 1 aliphatic rings. The second-order valence-corrected chi connectivity index (χ2v) is 8.33. The maximum Gasteiger partial charge on any atom is 0.326 e. The van der Waals surface area contributed by atoms with E-state index < -0.39 is 18.1 Å². The van der Waals surface area contributed by atoms with Gasteiger partial charge in [-0.05, 0) is 18.6 Å². The summed E-state index contributed by atoms with van der Waals surface area (Å²) in [5, 5.41) is 20.4. The second kappa shape index (κ2) is 8.72. The van der Waals surface area contributed by atoms with E-state index in [0.29, 0.717) is 28.9 Å². The van der Waals surface area contributed by atoms with Gasteiger partial charge in [-0.3, -0.25) is 13.8 Å². The summed E-state index contributed by atoms with van der Waals surface area (Å²) < 4.78 is 3.38. The van der Waals surface area contributed by atoms with Gasteiger partial charge in [0, 0.05) is 42.4 Å². The number of fused-ring (bicyclic) bond motifs is 1. The van der Waals surface area contributed by atoms with E-state index in [1.165, 1.54) is 10.5 Å². The number of halogens is 1. The average Bonchev–Trinajstić information content (AvgIpc) is 3.35. The van der Waals surface area contributed by atoms with Gasteiger partial charge in [0.25, 0.3) is 5.56 Å². The molecule has 31 heavy (non-hydrogen) atoms. The SMILES string of the molecule is CCCCCn1c(N2C[C@H](O)C[C@H]2C(=O)O)cc(=O)n2cc(-c3ccc(Cl)cc3)nc12. The lowest BCUT2D eigenvalue weighted by molar-refractivity contribution is -0.138. The number of hydrogen-bond acceptors (Lipinski definition) is 5. The zero-order valence-electron chi connectivity index (χ0n) is 17.2. The number of carboxylic acids is 1. The second-order valence-electron chi connectivity index (χ2n) is 7.90. The van der Waals surface area contributed by atoms with Crippen LogP contribution in [0.25, 0.3) is 17.0 Å². The number of imidazole rings is 1. The molecule has 1 aliphatic heterocycles. The van der Waals surface area contributed by atoms with Crippen LogP contribution in [0.5, 0.6) is 0 Å².